The standard InChI is InChI=1S/C7H13N/c1-5-3-6(2)7(8)4-5/h3,5,7H,4,8H2,1-2H3. The number of allylic oxidation sites excluding steroid dienone is 1. The molecule has 0 saturated carbocycles. The van der Waals surface area contributed by atoms with Crippen molar-refractivity contribution in [2.75, 3.05) is 0 Å². The molecule has 0 aromatic rings. The smallest absolute Gasteiger partial charge is 0.0256 e. The Morgan fingerprint density at radius 3 is 2.50 bits per heavy atom. The van der Waals surface area contributed by atoms with E-state index in [1.807, 2.05) is 0 Å². The SMILES string of the molecule is CC1=CC(C)CC1N. The van der Waals surface area contributed by atoms with Gasteiger partial charge in [0.2, 0.25) is 0 Å². The summed E-state index contributed by atoms with van der Waals surface area (Å²) in [6.45, 7) is 4.31. The number of nitrogens with two attached hydrogens (primary N) is 1. The van der Waals surface area contributed by atoms with E-state index in [-0.39, 0.29) is 0 Å². The van der Waals surface area contributed by atoms with Gasteiger partial charge in [-0.05, 0) is 19.3 Å². The Hall–Kier alpha value is -0.300. The summed E-state index contributed by atoms with van der Waals surface area (Å²) in [4.78, 5) is 0. The van der Waals surface area contributed by atoms with Crippen molar-refractivity contribution >= 4 is 0 Å². The molecular formula is C7H13N. The van der Waals surface area contributed by atoms with Gasteiger partial charge in [-0.3, -0.25) is 0 Å². The molecule has 1 aliphatic carbocycles. The third kappa shape index (κ3) is 0.920. The Morgan fingerprint density at radius 1 is 1.75 bits per heavy atom. The monoisotopic (exact) mass is 111 g/mol. The Morgan fingerprint density at radius 2 is 2.38 bits per heavy atom. The molecule has 46 valence electrons. The van der Waals surface area contributed by atoms with Crippen LogP contribution >= 0.6 is 0 Å². The summed E-state index contributed by atoms with van der Waals surface area (Å²) in [5, 5.41) is 0. The summed E-state index contributed by atoms with van der Waals surface area (Å²) in [6, 6.07) is 0.352. The second-order valence-electron chi connectivity index (χ2n) is 2.73. The van der Waals surface area contributed by atoms with E-state index >= 15 is 0 Å². The second kappa shape index (κ2) is 1.90. The highest BCUT2D eigenvalue weighted by atomic mass is 14.6. The molecule has 0 amide bonds. The fourth-order valence-electron chi connectivity index (χ4n) is 1.23. The molecule has 8 heavy (non-hydrogen) atoms. The second-order valence-corrected chi connectivity index (χ2v) is 2.73. The van der Waals surface area contributed by atoms with Crippen LogP contribution in [-0.2, 0) is 0 Å². The first-order valence-corrected chi connectivity index (χ1v) is 3.14. The van der Waals surface area contributed by atoms with Crippen LogP contribution in [-0.4, -0.2) is 6.04 Å². The van der Waals surface area contributed by atoms with Crippen LogP contribution in [0, 0.1) is 5.92 Å². The van der Waals surface area contributed by atoms with Crippen molar-refractivity contribution in [1.82, 2.24) is 0 Å². The molecule has 2 atom stereocenters. The van der Waals surface area contributed by atoms with Crippen LogP contribution in [0.2, 0.25) is 0 Å². The molecule has 2 unspecified atom stereocenters. The van der Waals surface area contributed by atoms with Crippen molar-refractivity contribution in [3.8, 4) is 0 Å². The van der Waals surface area contributed by atoms with Crippen LogP contribution in [0.1, 0.15) is 20.3 Å². The molecule has 1 aliphatic rings. The maximum atomic E-state index is 5.70. The molecule has 0 aliphatic heterocycles. The molecule has 2 N–H and O–H groups in total. The largest absolute Gasteiger partial charge is 0.324 e. The minimum Gasteiger partial charge on any atom is -0.324 e. The summed E-state index contributed by atoms with van der Waals surface area (Å²) >= 11 is 0. The third-order valence-electron chi connectivity index (χ3n) is 1.76. The van der Waals surface area contributed by atoms with Crippen LogP contribution in [0.15, 0.2) is 11.6 Å². The van der Waals surface area contributed by atoms with Crippen LogP contribution in [0.5, 0.6) is 0 Å². The van der Waals surface area contributed by atoms with Gasteiger partial charge in [-0.25, -0.2) is 0 Å². The molecular weight excluding hydrogens is 98.1 g/mol. The van der Waals surface area contributed by atoms with Crippen molar-refractivity contribution in [1.29, 1.82) is 0 Å². The summed E-state index contributed by atoms with van der Waals surface area (Å²) in [6.07, 6.45) is 3.40. The minimum absolute atomic E-state index is 0.352. The van der Waals surface area contributed by atoms with Crippen LogP contribution in [0.4, 0.5) is 0 Å². The maximum absolute atomic E-state index is 5.70. The molecule has 0 saturated heterocycles. The van der Waals surface area contributed by atoms with E-state index < -0.39 is 0 Å². The van der Waals surface area contributed by atoms with Gasteiger partial charge >= 0.3 is 0 Å². The molecule has 1 nitrogen and oxygen atoms in total. The van der Waals surface area contributed by atoms with Gasteiger partial charge in [0.15, 0.2) is 0 Å². The third-order valence-corrected chi connectivity index (χ3v) is 1.76. The van der Waals surface area contributed by atoms with Gasteiger partial charge in [0, 0.05) is 6.04 Å². The fraction of sp³-hybridized carbons (Fsp3) is 0.714. The molecule has 0 fully saturated rings. The fourth-order valence-corrected chi connectivity index (χ4v) is 1.23. The summed E-state index contributed by atoms with van der Waals surface area (Å²) in [7, 11) is 0. The van der Waals surface area contributed by atoms with Crippen molar-refractivity contribution < 1.29 is 0 Å². The number of hydrogen-bond donors (Lipinski definition) is 1. The molecule has 1 heteroatoms. The van der Waals surface area contributed by atoms with E-state index in [4.69, 9.17) is 5.73 Å². The lowest BCUT2D eigenvalue weighted by atomic mass is 10.1. The van der Waals surface area contributed by atoms with E-state index in [1.165, 1.54) is 5.57 Å². The highest BCUT2D eigenvalue weighted by Gasteiger charge is 2.15. The predicted octanol–water partition coefficient (Wildman–Crippen LogP) is 1.30. The highest BCUT2D eigenvalue weighted by molar-refractivity contribution is 5.14. The van der Waals surface area contributed by atoms with Crippen molar-refractivity contribution in [3.05, 3.63) is 11.6 Å². The molecule has 0 aromatic carbocycles. The van der Waals surface area contributed by atoms with E-state index in [1.54, 1.807) is 0 Å². The average molecular weight is 111 g/mol. The quantitative estimate of drug-likeness (QED) is 0.468. The van der Waals surface area contributed by atoms with Gasteiger partial charge in [0.25, 0.3) is 0 Å². The van der Waals surface area contributed by atoms with E-state index in [2.05, 4.69) is 19.9 Å². The first-order valence-electron chi connectivity index (χ1n) is 3.14. The van der Waals surface area contributed by atoms with E-state index in [0.29, 0.717) is 12.0 Å². The lowest BCUT2D eigenvalue weighted by molar-refractivity contribution is 0.632. The first kappa shape index (κ1) is 5.83. The van der Waals surface area contributed by atoms with Gasteiger partial charge in [-0.2, -0.15) is 0 Å². The van der Waals surface area contributed by atoms with Crippen molar-refractivity contribution in [3.63, 3.8) is 0 Å². The number of rotatable bonds is 0. The van der Waals surface area contributed by atoms with Gasteiger partial charge in [0.1, 0.15) is 0 Å². The summed E-state index contributed by atoms with van der Waals surface area (Å²) in [5.74, 6) is 0.713. The molecule has 0 heterocycles. The zero-order chi connectivity index (χ0) is 6.15. The zero-order valence-electron chi connectivity index (χ0n) is 5.52. The van der Waals surface area contributed by atoms with Gasteiger partial charge in [-0.15, -0.1) is 0 Å². The zero-order valence-corrected chi connectivity index (χ0v) is 5.52. The maximum Gasteiger partial charge on any atom is 0.0256 e. The summed E-state index contributed by atoms with van der Waals surface area (Å²) in [5.41, 5.74) is 7.06. The first-order chi connectivity index (χ1) is 3.70. The topological polar surface area (TPSA) is 26.0 Å². The van der Waals surface area contributed by atoms with Gasteiger partial charge in [0.05, 0.1) is 0 Å². The van der Waals surface area contributed by atoms with Crippen molar-refractivity contribution in [2.24, 2.45) is 11.7 Å². The lowest BCUT2D eigenvalue weighted by Crippen LogP contribution is -2.17. The molecule has 0 bridgehead atoms. The Bertz CT molecular complexity index is 116. The molecule has 0 aromatic heterocycles. The van der Waals surface area contributed by atoms with Crippen LogP contribution in [0.25, 0.3) is 0 Å². The molecule has 1 rings (SSSR count). The molecule has 0 spiro atoms. The van der Waals surface area contributed by atoms with Gasteiger partial charge < -0.3 is 5.73 Å². The number of hydrogen-bond acceptors (Lipinski definition) is 1. The lowest BCUT2D eigenvalue weighted by Gasteiger charge is -2.02. The highest BCUT2D eigenvalue weighted by Crippen LogP contribution is 2.21. The Balaban J connectivity index is 2.59. The van der Waals surface area contributed by atoms with E-state index in [9.17, 15) is 0 Å². The van der Waals surface area contributed by atoms with Crippen LogP contribution in [0.3, 0.4) is 0 Å². The van der Waals surface area contributed by atoms with Gasteiger partial charge in [-0.1, -0.05) is 18.6 Å². The Kier molecular flexibility index (Phi) is 1.39. The van der Waals surface area contributed by atoms with Crippen molar-refractivity contribution in [2.45, 2.75) is 26.3 Å². The average Bonchev–Trinajstić information content (AvgIpc) is 1.85. The Labute approximate surface area is 50.6 Å². The predicted molar refractivity (Wildman–Crippen MR) is 35.5 cm³/mol. The minimum atomic E-state index is 0.352. The van der Waals surface area contributed by atoms with E-state index in [0.717, 1.165) is 6.42 Å². The summed E-state index contributed by atoms with van der Waals surface area (Å²) < 4.78 is 0. The molecule has 0 radical (unpaired) electrons. The normalized spacial score (nSPS) is 37.6. The van der Waals surface area contributed by atoms with Crippen LogP contribution < -0.4 is 5.73 Å².